The first-order valence-corrected chi connectivity index (χ1v) is 8.28. The molecule has 0 aliphatic heterocycles. The van der Waals surface area contributed by atoms with E-state index in [1.54, 1.807) is 0 Å². The molecule has 110 valence electrons. The van der Waals surface area contributed by atoms with Crippen LogP contribution in [0, 0.1) is 5.41 Å². The van der Waals surface area contributed by atoms with Crippen LogP contribution in [0.2, 0.25) is 0 Å². The second-order valence-corrected chi connectivity index (χ2v) is 6.76. The lowest BCUT2D eigenvalue weighted by molar-refractivity contribution is -0.141. The number of aryl methyl sites for hydroxylation is 1. The molecule has 0 unspecified atom stereocenters. The molecule has 4 heteroatoms. The summed E-state index contributed by atoms with van der Waals surface area (Å²) in [6, 6.07) is 8.11. The largest absolute Gasteiger partial charge is 0.469 e. The number of carbonyl (C=O) groups excluding carboxylic acids is 1. The average molecular weight is 293 g/mol. The molecule has 1 aliphatic rings. The van der Waals surface area contributed by atoms with E-state index in [0.29, 0.717) is 6.42 Å². The monoisotopic (exact) mass is 293 g/mol. The molecule has 0 spiro atoms. The van der Waals surface area contributed by atoms with Crippen molar-refractivity contribution in [3.8, 4) is 0 Å². The molecule has 1 aliphatic carbocycles. The van der Waals surface area contributed by atoms with E-state index in [1.807, 2.05) is 23.9 Å². The van der Waals surface area contributed by atoms with E-state index in [4.69, 9.17) is 10.5 Å². The molecule has 1 aromatic rings. The fourth-order valence-electron chi connectivity index (χ4n) is 2.28. The number of hydrogen-bond donors (Lipinski definition) is 1. The number of ether oxygens (including phenoxy) is 1. The first kappa shape index (κ1) is 15.2. The summed E-state index contributed by atoms with van der Waals surface area (Å²) in [5, 5.41) is 0. The summed E-state index contributed by atoms with van der Waals surface area (Å²) in [5.41, 5.74) is 8.08. The van der Waals surface area contributed by atoms with Gasteiger partial charge in [0.05, 0.1) is 13.5 Å². The number of anilines is 1. The predicted molar refractivity (Wildman–Crippen MR) is 84.8 cm³/mol. The molecular weight excluding hydrogens is 270 g/mol. The van der Waals surface area contributed by atoms with Gasteiger partial charge in [0.15, 0.2) is 0 Å². The van der Waals surface area contributed by atoms with Crippen molar-refractivity contribution < 1.29 is 9.53 Å². The van der Waals surface area contributed by atoms with Crippen molar-refractivity contribution in [1.82, 2.24) is 0 Å². The van der Waals surface area contributed by atoms with E-state index in [0.717, 1.165) is 23.6 Å². The first-order valence-electron chi connectivity index (χ1n) is 7.13. The van der Waals surface area contributed by atoms with Crippen LogP contribution in [0.1, 0.15) is 31.2 Å². The van der Waals surface area contributed by atoms with E-state index in [9.17, 15) is 4.79 Å². The molecule has 0 heterocycles. The SMILES string of the molecule is COC(=O)CC1(CSCCCc2ccc(N)cc2)CC1. The van der Waals surface area contributed by atoms with Crippen LogP contribution < -0.4 is 5.73 Å². The van der Waals surface area contributed by atoms with E-state index in [2.05, 4.69) is 12.1 Å². The van der Waals surface area contributed by atoms with Crippen molar-refractivity contribution in [2.45, 2.75) is 32.1 Å². The summed E-state index contributed by atoms with van der Waals surface area (Å²) >= 11 is 1.97. The Morgan fingerprint density at radius 3 is 2.65 bits per heavy atom. The van der Waals surface area contributed by atoms with Gasteiger partial charge >= 0.3 is 5.97 Å². The molecule has 0 radical (unpaired) electrons. The van der Waals surface area contributed by atoms with Gasteiger partial charge in [0.25, 0.3) is 0 Å². The van der Waals surface area contributed by atoms with Crippen LogP contribution in [0.3, 0.4) is 0 Å². The van der Waals surface area contributed by atoms with Gasteiger partial charge < -0.3 is 10.5 Å². The molecule has 0 atom stereocenters. The van der Waals surface area contributed by atoms with Crippen molar-refractivity contribution in [3.05, 3.63) is 29.8 Å². The number of rotatable bonds is 8. The molecule has 0 aromatic heterocycles. The molecule has 0 saturated heterocycles. The lowest BCUT2D eigenvalue weighted by atomic mass is 10.1. The summed E-state index contributed by atoms with van der Waals surface area (Å²) in [6.07, 6.45) is 5.20. The molecule has 0 bridgehead atoms. The lowest BCUT2D eigenvalue weighted by Crippen LogP contribution is -2.13. The highest BCUT2D eigenvalue weighted by molar-refractivity contribution is 7.99. The minimum atomic E-state index is -0.0648. The predicted octanol–water partition coefficient (Wildman–Crippen LogP) is 3.28. The highest BCUT2D eigenvalue weighted by Crippen LogP contribution is 2.51. The Balaban J connectivity index is 1.60. The first-order chi connectivity index (χ1) is 9.63. The third-order valence-corrected chi connectivity index (χ3v) is 5.24. The fraction of sp³-hybridized carbons (Fsp3) is 0.562. The maximum absolute atomic E-state index is 11.3. The van der Waals surface area contributed by atoms with Crippen LogP contribution in [0.5, 0.6) is 0 Å². The number of thioether (sulfide) groups is 1. The Kier molecular flexibility index (Phi) is 5.35. The van der Waals surface area contributed by atoms with E-state index in [-0.39, 0.29) is 11.4 Å². The summed E-state index contributed by atoms with van der Waals surface area (Å²) in [7, 11) is 1.47. The Labute approximate surface area is 125 Å². The Bertz CT molecular complexity index is 440. The maximum atomic E-state index is 11.3. The Morgan fingerprint density at radius 1 is 1.35 bits per heavy atom. The van der Waals surface area contributed by atoms with Crippen LogP contribution in [-0.2, 0) is 16.0 Å². The van der Waals surface area contributed by atoms with Gasteiger partial charge in [-0.2, -0.15) is 11.8 Å². The van der Waals surface area contributed by atoms with Gasteiger partial charge in [0.2, 0.25) is 0 Å². The minimum absolute atomic E-state index is 0.0648. The quantitative estimate of drug-likeness (QED) is 0.454. The molecule has 0 amide bonds. The molecular formula is C16H23NO2S. The standard InChI is InChI=1S/C16H23NO2S/c1-19-15(18)11-16(8-9-16)12-20-10-2-3-13-4-6-14(17)7-5-13/h4-7H,2-3,8-12,17H2,1H3. The van der Waals surface area contributed by atoms with Crippen molar-refractivity contribution in [3.63, 3.8) is 0 Å². The number of nitrogen functional groups attached to an aromatic ring is 1. The second kappa shape index (κ2) is 7.02. The summed E-state index contributed by atoms with van der Waals surface area (Å²) in [5.74, 6) is 2.17. The number of methoxy groups -OCH3 is 1. The normalized spacial score (nSPS) is 15.8. The van der Waals surface area contributed by atoms with Gasteiger partial charge in [-0.25, -0.2) is 0 Å². The molecule has 3 nitrogen and oxygen atoms in total. The Hall–Kier alpha value is -1.16. The van der Waals surface area contributed by atoms with Crippen LogP contribution in [0.4, 0.5) is 5.69 Å². The zero-order valence-electron chi connectivity index (χ0n) is 12.1. The molecule has 1 fully saturated rings. The number of hydrogen-bond acceptors (Lipinski definition) is 4. The highest BCUT2D eigenvalue weighted by atomic mass is 32.2. The van der Waals surface area contributed by atoms with Crippen molar-refractivity contribution in [1.29, 1.82) is 0 Å². The summed E-state index contributed by atoms with van der Waals surface area (Å²) in [6.45, 7) is 0. The van der Waals surface area contributed by atoms with Crippen molar-refractivity contribution in [2.75, 3.05) is 24.3 Å². The van der Waals surface area contributed by atoms with Crippen molar-refractivity contribution >= 4 is 23.4 Å². The molecule has 2 rings (SSSR count). The number of carbonyl (C=O) groups is 1. The van der Waals surface area contributed by atoms with Gasteiger partial charge in [-0.3, -0.25) is 4.79 Å². The summed E-state index contributed by atoms with van der Waals surface area (Å²) in [4.78, 5) is 11.3. The van der Waals surface area contributed by atoms with Crippen LogP contribution >= 0.6 is 11.8 Å². The topological polar surface area (TPSA) is 52.3 Å². The third-order valence-electron chi connectivity index (χ3n) is 3.85. The van der Waals surface area contributed by atoms with Crippen LogP contribution in [-0.4, -0.2) is 24.6 Å². The molecule has 1 aromatic carbocycles. The van der Waals surface area contributed by atoms with Gasteiger partial charge in [0.1, 0.15) is 0 Å². The number of esters is 1. The van der Waals surface area contributed by atoms with Gasteiger partial charge in [-0.1, -0.05) is 12.1 Å². The molecule has 20 heavy (non-hydrogen) atoms. The number of nitrogens with two attached hydrogens (primary N) is 1. The van der Waals surface area contributed by atoms with E-state index >= 15 is 0 Å². The second-order valence-electron chi connectivity index (χ2n) is 5.65. The van der Waals surface area contributed by atoms with Crippen molar-refractivity contribution in [2.24, 2.45) is 5.41 Å². The average Bonchev–Trinajstić information content (AvgIpc) is 3.20. The van der Waals surface area contributed by atoms with E-state index in [1.165, 1.54) is 31.9 Å². The highest BCUT2D eigenvalue weighted by Gasteiger charge is 2.44. The van der Waals surface area contributed by atoms with Crippen LogP contribution in [0.25, 0.3) is 0 Å². The van der Waals surface area contributed by atoms with Gasteiger partial charge in [-0.15, -0.1) is 0 Å². The molecule has 1 saturated carbocycles. The van der Waals surface area contributed by atoms with Gasteiger partial charge in [-0.05, 0) is 60.3 Å². The van der Waals surface area contributed by atoms with E-state index < -0.39 is 0 Å². The Morgan fingerprint density at radius 2 is 2.05 bits per heavy atom. The molecule has 2 N–H and O–H groups in total. The lowest BCUT2D eigenvalue weighted by Gasteiger charge is -2.12. The summed E-state index contributed by atoms with van der Waals surface area (Å²) < 4.78 is 4.76. The number of benzene rings is 1. The van der Waals surface area contributed by atoms with Gasteiger partial charge in [0, 0.05) is 5.69 Å². The zero-order valence-corrected chi connectivity index (χ0v) is 12.9. The smallest absolute Gasteiger partial charge is 0.306 e. The third kappa shape index (κ3) is 4.75. The zero-order chi connectivity index (χ0) is 14.4. The fourth-order valence-corrected chi connectivity index (χ4v) is 3.60. The van der Waals surface area contributed by atoms with Crippen LogP contribution in [0.15, 0.2) is 24.3 Å². The minimum Gasteiger partial charge on any atom is -0.469 e. The maximum Gasteiger partial charge on any atom is 0.306 e.